The van der Waals surface area contributed by atoms with Gasteiger partial charge < -0.3 is 19.7 Å². The van der Waals surface area contributed by atoms with Crippen molar-refractivity contribution in [2.75, 3.05) is 24.2 Å². The normalized spacial score (nSPS) is 20.2. The van der Waals surface area contributed by atoms with Crippen molar-refractivity contribution in [2.45, 2.75) is 44.3 Å². The third-order valence-corrected chi connectivity index (χ3v) is 6.40. The number of carbonyl (C=O) groups is 1. The van der Waals surface area contributed by atoms with E-state index in [0.717, 1.165) is 60.3 Å². The van der Waals surface area contributed by atoms with E-state index in [-0.39, 0.29) is 5.91 Å². The standard InChI is InChI=1S/C18H22N2O3S2/c21-16(12-25-17(24)20-9-3-4-10-20)19-13-5-6-14-15(11-13)23-18(22-14)7-1-2-8-18/h5-6,11H,1-4,7-10,12H2,(H,19,21). The van der Waals surface area contributed by atoms with E-state index in [0.29, 0.717) is 5.75 Å². The molecule has 2 fully saturated rings. The molecule has 5 nitrogen and oxygen atoms in total. The van der Waals surface area contributed by atoms with E-state index in [4.69, 9.17) is 21.7 Å². The first kappa shape index (κ1) is 17.0. The Hall–Kier alpha value is -1.47. The fraction of sp³-hybridized carbons (Fsp3) is 0.556. The van der Waals surface area contributed by atoms with Crippen LogP contribution in [0.5, 0.6) is 11.5 Å². The molecule has 0 bridgehead atoms. The number of hydrogen-bond donors (Lipinski definition) is 1. The number of hydrogen-bond acceptors (Lipinski definition) is 5. The minimum Gasteiger partial charge on any atom is -0.448 e. The summed E-state index contributed by atoms with van der Waals surface area (Å²) in [5.74, 6) is 1.29. The van der Waals surface area contributed by atoms with Gasteiger partial charge in [-0.25, -0.2) is 0 Å². The Morgan fingerprint density at radius 3 is 2.64 bits per heavy atom. The van der Waals surface area contributed by atoms with Crippen LogP contribution in [0.1, 0.15) is 38.5 Å². The van der Waals surface area contributed by atoms with Gasteiger partial charge in [0.05, 0.1) is 5.75 Å². The molecule has 3 aliphatic rings. The minimum absolute atomic E-state index is 0.0546. The second-order valence-corrected chi connectivity index (χ2v) is 8.39. The van der Waals surface area contributed by atoms with Gasteiger partial charge in [0.1, 0.15) is 4.32 Å². The highest BCUT2D eigenvalue weighted by atomic mass is 32.2. The number of amides is 1. The molecule has 0 atom stereocenters. The third-order valence-electron chi connectivity index (χ3n) is 4.88. The number of rotatable bonds is 3. The molecule has 1 saturated heterocycles. The average molecular weight is 379 g/mol. The number of nitrogens with one attached hydrogen (secondary N) is 1. The summed E-state index contributed by atoms with van der Waals surface area (Å²) in [6, 6.07) is 5.58. The smallest absolute Gasteiger partial charge is 0.251 e. The van der Waals surface area contributed by atoms with Gasteiger partial charge in [0.2, 0.25) is 5.91 Å². The van der Waals surface area contributed by atoms with E-state index in [1.165, 1.54) is 24.6 Å². The van der Waals surface area contributed by atoms with Crippen LogP contribution in [0.3, 0.4) is 0 Å². The van der Waals surface area contributed by atoms with Crippen LogP contribution < -0.4 is 14.8 Å². The molecular weight excluding hydrogens is 356 g/mol. The number of benzene rings is 1. The van der Waals surface area contributed by atoms with Crippen LogP contribution in [-0.4, -0.2) is 39.8 Å². The van der Waals surface area contributed by atoms with Gasteiger partial charge in [-0.3, -0.25) is 4.79 Å². The molecule has 0 aromatic heterocycles. The monoisotopic (exact) mass is 378 g/mol. The van der Waals surface area contributed by atoms with E-state index in [1.807, 2.05) is 18.2 Å². The van der Waals surface area contributed by atoms with E-state index >= 15 is 0 Å². The summed E-state index contributed by atoms with van der Waals surface area (Å²) < 4.78 is 12.8. The first-order valence-electron chi connectivity index (χ1n) is 8.87. The van der Waals surface area contributed by atoms with Crippen LogP contribution in [0.4, 0.5) is 5.69 Å². The lowest BCUT2D eigenvalue weighted by Gasteiger charge is -2.21. The first-order chi connectivity index (χ1) is 12.1. The summed E-state index contributed by atoms with van der Waals surface area (Å²) >= 11 is 6.82. The molecule has 7 heteroatoms. The van der Waals surface area contributed by atoms with Gasteiger partial charge >= 0.3 is 0 Å². The van der Waals surface area contributed by atoms with Gasteiger partial charge in [0.15, 0.2) is 11.5 Å². The van der Waals surface area contributed by atoms with Gasteiger partial charge in [-0.15, -0.1) is 0 Å². The van der Waals surface area contributed by atoms with E-state index in [2.05, 4.69) is 10.2 Å². The van der Waals surface area contributed by atoms with Crippen LogP contribution >= 0.6 is 24.0 Å². The highest BCUT2D eigenvalue weighted by Gasteiger charge is 2.44. The molecule has 0 radical (unpaired) electrons. The molecule has 134 valence electrons. The quantitative estimate of drug-likeness (QED) is 0.808. The van der Waals surface area contributed by atoms with Crippen LogP contribution in [0.15, 0.2) is 18.2 Å². The molecule has 1 aromatic carbocycles. The predicted molar refractivity (Wildman–Crippen MR) is 103 cm³/mol. The van der Waals surface area contributed by atoms with Crippen LogP contribution in [0.25, 0.3) is 0 Å². The molecular formula is C18H22N2O3S2. The Morgan fingerprint density at radius 1 is 1.16 bits per heavy atom. The lowest BCUT2D eigenvalue weighted by atomic mass is 10.2. The summed E-state index contributed by atoms with van der Waals surface area (Å²) in [5, 5.41) is 2.92. The zero-order chi connectivity index (χ0) is 17.3. The number of ether oxygens (including phenoxy) is 2. The Kier molecular flexibility index (Phi) is 4.78. The Labute approximate surface area is 157 Å². The topological polar surface area (TPSA) is 50.8 Å². The number of fused-ring (bicyclic) bond motifs is 1. The second-order valence-electron chi connectivity index (χ2n) is 6.78. The Morgan fingerprint density at radius 2 is 1.88 bits per heavy atom. The summed E-state index contributed by atoms with van der Waals surface area (Å²) in [7, 11) is 0. The second kappa shape index (κ2) is 7.03. The molecule has 1 aliphatic carbocycles. The summed E-state index contributed by atoms with van der Waals surface area (Å²) in [6.07, 6.45) is 6.48. The summed E-state index contributed by atoms with van der Waals surface area (Å²) in [5.41, 5.74) is 0.732. The Bertz CT molecular complexity index is 683. The molecule has 4 rings (SSSR count). The lowest BCUT2D eigenvalue weighted by molar-refractivity contribution is -0.113. The van der Waals surface area contributed by atoms with Crippen molar-refractivity contribution in [3.8, 4) is 11.5 Å². The highest BCUT2D eigenvalue weighted by Crippen LogP contribution is 2.47. The van der Waals surface area contributed by atoms with Gasteiger partial charge in [0, 0.05) is 37.7 Å². The van der Waals surface area contributed by atoms with Gasteiger partial charge in [-0.05, 0) is 37.8 Å². The molecule has 2 aliphatic heterocycles. The molecule has 1 amide bonds. The SMILES string of the molecule is O=C(CSC(=S)N1CCCC1)Nc1ccc2c(c1)OC1(CCCC1)O2. The fourth-order valence-electron chi connectivity index (χ4n) is 3.60. The maximum absolute atomic E-state index is 12.2. The zero-order valence-electron chi connectivity index (χ0n) is 14.1. The maximum Gasteiger partial charge on any atom is 0.251 e. The molecule has 1 saturated carbocycles. The van der Waals surface area contributed by atoms with Crippen molar-refractivity contribution in [1.29, 1.82) is 0 Å². The Balaban J connectivity index is 1.31. The summed E-state index contributed by atoms with van der Waals surface area (Å²) in [6.45, 7) is 2.02. The first-order valence-corrected chi connectivity index (χ1v) is 10.3. The molecule has 2 heterocycles. The van der Waals surface area contributed by atoms with Crippen LogP contribution in [-0.2, 0) is 4.79 Å². The largest absolute Gasteiger partial charge is 0.448 e. The van der Waals surface area contributed by atoms with E-state index in [9.17, 15) is 4.79 Å². The van der Waals surface area contributed by atoms with Crippen LogP contribution in [0, 0.1) is 0 Å². The minimum atomic E-state index is -0.470. The van der Waals surface area contributed by atoms with Gasteiger partial charge in [-0.1, -0.05) is 24.0 Å². The van der Waals surface area contributed by atoms with E-state index < -0.39 is 5.79 Å². The van der Waals surface area contributed by atoms with Crippen molar-refractivity contribution in [2.24, 2.45) is 0 Å². The number of carbonyl (C=O) groups excluding carboxylic acids is 1. The van der Waals surface area contributed by atoms with Gasteiger partial charge in [-0.2, -0.15) is 0 Å². The molecule has 1 N–H and O–H groups in total. The number of likely N-dealkylation sites (tertiary alicyclic amines) is 1. The molecule has 25 heavy (non-hydrogen) atoms. The summed E-state index contributed by atoms with van der Waals surface area (Å²) in [4.78, 5) is 14.4. The third kappa shape index (κ3) is 3.72. The number of thiocarbonyl (C=S) groups is 1. The molecule has 1 spiro atoms. The zero-order valence-corrected chi connectivity index (χ0v) is 15.7. The fourth-order valence-corrected chi connectivity index (χ4v) is 4.66. The average Bonchev–Trinajstić information content (AvgIpc) is 3.33. The van der Waals surface area contributed by atoms with Gasteiger partial charge in [0.25, 0.3) is 5.79 Å². The number of nitrogens with zero attached hydrogens (tertiary/aromatic N) is 1. The van der Waals surface area contributed by atoms with Crippen molar-refractivity contribution in [1.82, 2.24) is 4.90 Å². The van der Waals surface area contributed by atoms with Crippen LogP contribution in [0.2, 0.25) is 0 Å². The van der Waals surface area contributed by atoms with Crippen molar-refractivity contribution < 1.29 is 14.3 Å². The maximum atomic E-state index is 12.2. The predicted octanol–water partition coefficient (Wildman–Crippen LogP) is 3.78. The molecule has 1 aromatic rings. The number of thioether (sulfide) groups is 1. The van der Waals surface area contributed by atoms with Crippen molar-refractivity contribution in [3.05, 3.63) is 18.2 Å². The van der Waals surface area contributed by atoms with E-state index in [1.54, 1.807) is 0 Å². The van der Waals surface area contributed by atoms with Crippen molar-refractivity contribution in [3.63, 3.8) is 0 Å². The lowest BCUT2D eigenvalue weighted by Crippen LogP contribution is -2.34. The molecule has 0 unspecified atom stereocenters. The van der Waals surface area contributed by atoms with Crippen molar-refractivity contribution >= 4 is 39.9 Å². The highest BCUT2D eigenvalue weighted by molar-refractivity contribution is 8.23. The number of anilines is 1.